The van der Waals surface area contributed by atoms with E-state index in [0.29, 0.717) is 22.1 Å². The molecule has 11 unspecified atom stereocenters. The number of hydrogen-bond donors (Lipinski definition) is 23. The highest BCUT2D eigenvalue weighted by molar-refractivity contribution is 8.00. The molecule has 14 amide bonds. The van der Waals surface area contributed by atoms with Crippen LogP contribution in [0.4, 0.5) is 0 Å². The molecule has 40 nitrogen and oxygen atoms in total. The number of nitrogens with one attached hydrogen (secondary N) is 18. The average Bonchev–Trinajstić information content (AvgIpc) is 0.975. The molecule has 1 saturated heterocycles. The summed E-state index contributed by atoms with van der Waals surface area (Å²) in [6.07, 6.45) is 3.59. The molecule has 26 N–H and O–H groups in total. The van der Waals surface area contributed by atoms with Crippen LogP contribution in [0, 0.1) is 10.8 Å². The number of aliphatic hydroxyl groups is 1. The number of hydrogen-bond acceptors (Lipinski definition) is 21. The van der Waals surface area contributed by atoms with Gasteiger partial charge in [0.15, 0.2) is 11.9 Å². The molecule has 0 saturated carbocycles. The fraction of sp³-hybridized carbons (Fsp3) is 0.413. The van der Waals surface area contributed by atoms with Crippen LogP contribution >= 0.6 is 11.8 Å². The van der Waals surface area contributed by atoms with Gasteiger partial charge in [0.25, 0.3) is 0 Å². The SMILES string of the molecule is CCC1NC(=O)C(Cc2ccccc2)NC(=O)CSCC(C(=O)NCC(N)=O)NC(=O)C(C)NC(=O)C(CCCNC(=N)N)NC(=O)C(Cc2c[nH]cn2)NC(=O)C(Cc2ccc(O)cc2)N(C)C(=O)C(CCCNC(=N)N)NC(=O)C(CO)NC(=O)CNC(=O)C(Cc2c[nH]cn2)NC(=O)C(Cc2cccc3ccccc23)NC1=O. The van der Waals surface area contributed by atoms with Crippen molar-refractivity contribution in [2.45, 2.75) is 145 Å². The molecule has 0 radical (unpaired) electrons. The number of carbonyl (C=O) groups excluding carboxylic acids is 14. The van der Waals surface area contributed by atoms with Crippen LogP contribution in [0.1, 0.15) is 74.0 Å². The summed E-state index contributed by atoms with van der Waals surface area (Å²) in [7, 11) is 1.21. The van der Waals surface area contributed by atoms with Gasteiger partial charge in [0.05, 0.1) is 49.5 Å². The number of aromatic hydroxyl groups is 1. The van der Waals surface area contributed by atoms with Crippen molar-refractivity contribution in [1.82, 2.24) is 99.3 Å². The number of H-pyrrole nitrogens is 2. The van der Waals surface area contributed by atoms with Crippen LogP contribution in [0.25, 0.3) is 10.8 Å². The second kappa shape index (κ2) is 45.5. The van der Waals surface area contributed by atoms with Crippen LogP contribution in [0.3, 0.4) is 0 Å². The predicted octanol–water partition coefficient (Wildman–Crippen LogP) is -5.41. The molecule has 11 atom stereocenters. The van der Waals surface area contributed by atoms with E-state index in [1.54, 1.807) is 61.5 Å². The van der Waals surface area contributed by atoms with Crippen LogP contribution in [0.15, 0.2) is 122 Å². The highest BCUT2D eigenvalue weighted by Crippen LogP contribution is 2.22. The van der Waals surface area contributed by atoms with Crippen LogP contribution in [0.2, 0.25) is 0 Å². The van der Waals surface area contributed by atoms with Crippen molar-refractivity contribution in [3.63, 3.8) is 0 Å². The number of nitrogens with zero attached hydrogens (tertiary/aromatic N) is 3. The highest BCUT2D eigenvalue weighted by Gasteiger charge is 2.39. The van der Waals surface area contributed by atoms with E-state index < -0.39 is 187 Å². The van der Waals surface area contributed by atoms with E-state index in [-0.39, 0.29) is 100 Å². The first kappa shape index (κ1) is 90.0. The number of fused-ring (bicyclic) bond motifs is 1. The number of phenols is 1. The Bertz CT molecular complexity index is 4400. The van der Waals surface area contributed by atoms with E-state index >= 15 is 14.4 Å². The first-order valence-electron chi connectivity index (χ1n) is 37.2. The van der Waals surface area contributed by atoms with Gasteiger partial charge >= 0.3 is 0 Å². The van der Waals surface area contributed by atoms with Crippen LogP contribution in [0.5, 0.6) is 5.75 Å². The van der Waals surface area contributed by atoms with Gasteiger partial charge in [-0.15, -0.1) is 11.8 Å². The average molecular weight is 1630 g/mol. The minimum atomic E-state index is -1.84. The summed E-state index contributed by atoms with van der Waals surface area (Å²) in [5.41, 5.74) is 18.4. The summed E-state index contributed by atoms with van der Waals surface area (Å²) in [5.74, 6) is -15.4. The van der Waals surface area contributed by atoms with E-state index in [1.165, 1.54) is 63.3 Å². The van der Waals surface area contributed by atoms with Gasteiger partial charge in [0.1, 0.15) is 72.2 Å². The lowest BCUT2D eigenvalue weighted by Crippen LogP contribution is -2.61. The van der Waals surface area contributed by atoms with Crippen LogP contribution in [-0.2, 0) is 99.2 Å². The Morgan fingerprint density at radius 3 is 1.64 bits per heavy atom. The van der Waals surface area contributed by atoms with Gasteiger partial charge < -0.3 is 117 Å². The second-order valence-corrected chi connectivity index (χ2v) is 28.3. The van der Waals surface area contributed by atoms with Crippen molar-refractivity contribution in [3.05, 3.63) is 150 Å². The Labute approximate surface area is 670 Å². The number of imidazole rings is 2. The summed E-state index contributed by atoms with van der Waals surface area (Å²) >= 11 is 0.803. The molecule has 1 aliphatic heterocycles. The molecule has 6 aromatic rings. The number of aromatic amines is 2. The summed E-state index contributed by atoms with van der Waals surface area (Å²) in [6.45, 7) is 0.0952. The Kier molecular flexibility index (Phi) is 35.3. The van der Waals surface area contributed by atoms with Gasteiger partial charge in [0.2, 0.25) is 82.7 Å². The largest absolute Gasteiger partial charge is 0.508 e. The smallest absolute Gasteiger partial charge is 0.245 e. The van der Waals surface area contributed by atoms with E-state index in [4.69, 9.17) is 28.0 Å². The minimum absolute atomic E-state index is 0.00601. The molecule has 1 fully saturated rings. The number of aliphatic hydroxyl groups excluding tert-OH is 1. The number of nitrogens with two attached hydrogens (primary N) is 3. The number of aromatic nitrogens is 4. The van der Waals surface area contributed by atoms with Crippen molar-refractivity contribution in [2.75, 3.05) is 51.3 Å². The number of amides is 14. The van der Waals surface area contributed by atoms with E-state index in [1.807, 2.05) is 18.2 Å². The first-order valence-corrected chi connectivity index (χ1v) is 38.3. The van der Waals surface area contributed by atoms with Gasteiger partial charge in [0, 0.05) is 70.4 Å². The number of thioether (sulfide) groups is 1. The topological polar surface area (TPSA) is 634 Å². The molecular weight excluding hydrogens is 1530 g/mol. The van der Waals surface area contributed by atoms with Gasteiger partial charge in [-0.25, -0.2) is 9.97 Å². The predicted molar refractivity (Wildman–Crippen MR) is 424 cm³/mol. The molecule has 7 rings (SSSR count). The maximum Gasteiger partial charge on any atom is 0.245 e. The minimum Gasteiger partial charge on any atom is -0.508 e. The monoisotopic (exact) mass is 1620 g/mol. The summed E-state index contributed by atoms with van der Waals surface area (Å²) in [6, 6.07) is 9.37. The third-order valence-electron chi connectivity index (χ3n) is 18.4. The van der Waals surface area contributed by atoms with E-state index in [2.05, 4.69) is 94.4 Å². The van der Waals surface area contributed by atoms with Gasteiger partial charge in [-0.3, -0.25) is 77.9 Å². The summed E-state index contributed by atoms with van der Waals surface area (Å²) in [4.78, 5) is 216. The van der Waals surface area contributed by atoms with E-state index in [9.17, 15) is 63.0 Å². The summed E-state index contributed by atoms with van der Waals surface area (Å²) in [5, 5.41) is 73.9. The molecule has 0 spiro atoms. The third-order valence-corrected chi connectivity index (χ3v) is 19.4. The molecular formula is C75H100N24O16S. The number of likely N-dealkylation sites (N-methyl/N-ethyl adjacent to an activating group) is 1. The van der Waals surface area contributed by atoms with Gasteiger partial charge in [-0.05, 0) is 78.6 Å². The number of guanidine groups is 2. The third kappa shape index (κ3) is 29.1. The fourth-order valence-electron chi connectivity index (χ4n) is 12.2. The van der Waals surface area contributed by atoms with Crippen molar-refractivity contribution in [3.8, 4) is 5.75 Å². The number of phenolic OH excluding ortho intramolecular Hbond substituents is 1. The van der Waals surface area contributed by atoms with Crippen molar-refractivity contribution >= 4 is 117 Å². The Balaban J connectivity index is 1.27. The zero-order chi connectivity index (χ0) is 84.4. The molecule has 0 bridgehead atoms. The lowest BCUT2D eigenvalue weighted by atomic mass is 9.97. The van der Waals surface area contributed by atoms with Crippen LogP contribution in [-0.4, -0.2) is 247 Å². The molecule has 41 heteroatoms. The maximum atomic E-state index is 15.2. The molecule has 0 aliphatic carbocycles. The van der Waals surface area contributed by atoms with Crippen molar-refractivity contribution in [2.24, 2.45) is 17.2 Å². The number of carbonyl (C=O) groups is 14. The molecule has 622 valence electrons. The quantitative estimate of drug-likeness (QED) is 0.0162. The Hall–Kier alpha value is -13.2. The maximum absolute atomic E-state index is 15.2. The summed E-state index contributed by atoms with van der Waals surface area (Å²) < 4.78 is 0. The van der Waals surface area contributed by atoms with Gasteiger partial charge in [-0.1, -0.05) is 91.9 Å². The Morgan fingerprint density at radius 1 is 0.534 bits per heavy atom. The standard InChI is InChI=1S/C75H100N24O16S/c1-4-50-66(108)95-54(29-45-17-10-16-44-15-8-9-18-49(44)45)69(111)96-55(30-46-32-81-39-87-46)64(106)86-35-61(103)91-57(36-100)71(113)94-52(20-12-26-84-75(79)80)73(115)99(3)59(28-43-21-23-48(101)24-22-43)72(114)97-56(31-47-33-82-40-88-47)70(112)93-51(19-11-25-83-74(77)78)67(109)89-41(2)63(105)98-58(65(107)85-34-60(76)102)37-116-38-62(104)90-53(68(110)92-50)27-42-13-6-5-7-14-42/h5-10,13-18,21-24,32-33,39-41,50-59,100-101H,4,11-12,19-20,25-31,34-38H2,1-3H3,(H2,76,102)(H,81,87)(H,82,88)(H,85,107)(H,86,106)(H,89,109)(H,90,104)(H,91,103)(H,92,110)(H,93,112)(H,94,113)(H,95,108)(H,96,111)(H,97,114)(H,98,105)(H4,77,78,83)(H4,79,80,84). The molecule has 3 heterocycles. The second-order valence-electron chi connectivity index (χ2n) is 27.3. The number of benzene rings is 4. The van der Waals surface area contributed by atoms with Crippen molar-refractivity contribution in [1.29, 1.82) is 10.8 Å². The van der Waals surface area contributed by atoms with Gasteiger partial charge in [-0.2, -0.15) is 0 Å². The zero-order valence-electron chi connectivity index (χ0n) is 64.0. The molecule has 2 aromatic heterocycles. The highest BCUT2D eigenvalue weighted by atomic mass is 32.2. The lowest BCUT2D eigenvalue weighted by Gasteiger charge is -2.33. The molecule has 1 aliphatic rings. The fourth-order valence-corrected chi connectivity index (χ4v) is 13.1. The molecule has 116 heavy (non-hydrogen) atoms. The lowest BCUT2D eigenvalue weighted by molar-refractivity contribution is -0.143. The van der Waals surface area contributed by atoms with E-state index in [0.717, 1.165) is 22.0 Å². The zero-order valence-corrected chi connectivity index (χ0v) is 64.8. The number of primary amides is 1. The van der Waals surface area contributed by atoms with Crippen molar-refractivity contribution < 1.29 is 77.3 Å². The number of rotatable bonds is 23. The molecule has 4 aromatic carbocycles. The van der Waals surface area contributed by atoms with Crippen LogP contribution < -0.4 is 91.6 Å². The normalized spacial score (nSPS) is 22.2. The first-order chi connectivity index (χ1) is 55.5. The Morgan fingerprint density at radius 2 is 1.04 bits per heavy atom.